The normalized spacial score (nSPS) is 15.2. The van der Waals surface area contributed by atoms with Crippen LogP contribution in [0.2, 0.25) is 5.28 Å². The van der Waals surface area contributed by atoms with Gasteiger partial charge in [-0.3, -0.25) is 9.69 Å². The summed E-state index contributed by atoms with van der Waals surface area (Å²) in [6, 6.07) is 4.92. The number of thiocarbonyl (C=S) groups is 1. The van der Waals surface area contributed by atoms with Crippen molar-refractivity contribution < 1.29 is 18.7 Å². The Labute approximate surface area is 175 Å². The smallest absolute Gasteiger partial charge is 0.266 e. The third-order valence-electron chi connectivity index (χ3n) is 3.56. The van der Waals surface area contributed by atoms with E-state index in [0.29, 0.717) is 27.1 Å². The number of hydrogen-bond acceptors (Lipinski definition) is 7. The summed E-state index contributed by atoms with van der Waals surface area (Å²) in [7, 11) is 1.44. The molecule has 2 heterocycles. The third kappa shape index (κ3) is 4.32. The summed E-state index contributed by atoms with van der Waals surface area (Å²) in [4.78, 5) is 21.6. The van der Waals surface area contributed by atoms with E-state index in [-0.39, 0.29) is 22.8 Å². The molecule has 0 spiro atoms. The lowest BCUT2D eigenvalue weighted by Crippen LogP contribution is -2.27. The summed E-state index contributed by atoms with van der Waals surface area (Å²) in [5, 5.41) is -0.145. The minimum absolute atomic E-state index is 0.145. The highest BCUT2D eigenvalue weighted by molar-refractivity contribution is 8.26. The van der Waals surface area contributed by atoms with Crippen LogP contribution in [0.1, 0.15) is 5.56 Å². The fraction of sp³-hybridized carbons (Fsp3) is 0.111. The Morgan fingerprint density at radius 3 is 2.93 bits per heavy atom. The summed E-state index contributed by atoms with van der Waals surface area (Å²) in [6.45, 7) is 3.98. The number of thioether (sulfide) groups is 1. The Morgan fingerprint density at radius 2 is 2.21 bits per heavy atom. The third-order valence-corrected chi connectivity index (χ3v) is 5.12. The van der Waals surface area contributed by atoms with Gasteiger partial charge in [-0.15, -0.1) is 6.58 Å². The molecule has 1 aromatic heterocycles. The zero-order chi connectivity index (χ0) is 20.3. The lowest BCUT2D eigenvalue weighted by atomic mass is 10.2. The van der Waals surface area contributed by atoms with Gasteiger partial charge in [-0.1, -0.05) is 36.1 Å². The number of hydrogen-bond donors (Lipinski definition) is 0. The summed E-state index contributed by atoms with van der Waals surface area (Å²) in [5.41, 5.74) is 0.685. The molecule has 0 unspecified atom stereocenters. The molecule has 1 fully saturated rings. The van der Waals surface area contributed by atoms with Crippen molar-refractivity contribution in [3.63, 3.8) is 0 Å². The average molecular weight is 438 g/mol. The number of aromatic nitrogens is 2. The Bertz CT molecular complexity index is 1000. The Balaban J connectivity index is 1.87. The van der Waals surface area contributed by atoms with Crippen LogP contribution in [0.5, 0.6) is 17.4 Å². The highest BCUT2D eigenvalue weighted by atomic mass is 35.5. The predicted octanol–water partition coefficient (Wildman–Crippen LogP) is 4.46. The van der Waals surface area contributed by atoms with Gasteiger partial charge in [0.15, 0.2) is 11.5 Å². The second-order valence-corrected chi connectivity index (χ2v) is 7.40. The first-order valence-corrected chi connectivity index (χ1v) is 9.43. The molecule has 0 bridgehead atoms. The Hall–Kier alpha value is -2.49. The second-order valence-electron chi connectivity index (χ2n) is 5.39. The number of nitrogens with zero attached hydrogens (tertiary/aromatic N) is 3. The largest absolute Gasteiger partial charge is 0.493 e. The van der Waals surface area contributed by atoms with Crippen molar-refractivity contribution in [3.8, 4) is 17.4 Å². The first-order valence-electron chi connectivity index (χ1n) is 7.83. The van der Waals surface area contributed by atoms with Crippen LogP contribution in [0, 0.1) is 5.82 Å². The highest BCUT2D eigenvalue weighted by Gasteiger charge is 2.31. The molecule has 3 rings (SSSR count). The summed E-state index contributed by atoms with van der Waals surface area (Å²) >= 11 is 12.1. The number of halogens is 2. The van der Waals surface area contributed by atoms with Crippen LogP contribution in [0.3, 0.4) is 0 Å². The maximum Gasteiger partial charge on any atom is 0.266 e. The minimum atomic E-state index is -0.763. The summed E-state index contributed by atoms with van der Waals surface area (Å²) in [5.74, 6) is -0.721. The quantitative estimate of drug-likeness (QED) is 0.286. The first-order chi connectivity index (χ1) is 13.4. The molecule has 1 aliphatic heterocycles. The second kappa shape index (κ2) is 8.68. The number of amides is 1. The molecule has 10 heteroatoms. The molecule has 0 atom stereocenters. The molecule has 144 valence electrons. The van der Waals surface area contributed by atoms with Gasteiger partial charge in [-0.05, 0) is 35.4 Å². The van der Waals surface area contributed by atoms with Crippen molar-refractivity contribution in [2.45, 2.75) is 0 Å². The zero-order valence-corrected chi connectivity index (χ0v) is 16.9. The Morgan fingerprint density at radius 1 is 1.43 bits per heavy atom. The van der Waals surface area contributed by atoms with E-state index in [4.69, 9.17) is 33.3 Å². The fourth-order valence-electron chi connectivity index (χ4n) is 2.30. The number of ether oxygens (including phenoxy) is 2. The molecule has 6 nitrogen and oxygen atoms in total. The minimum Gasteiger partial charge on any atom is -0.493 e. The van der Waals surface area contributed by atoms with Crippen molar-refractivity contribution in [2.24, 2.45) is 0 Å². The van der Waals surface area contributed by atoms with E-state index >= 15 is 0 Å². The van der Waals surface area contributed by atoms with E-state index in [1.165, 1.54) is 23.8 Å². The monoisotopic (exact) mass is 437 g/mol. The van der Waals surface area contributed by atoms with Gasteiger partial charge >= 0.3 is 0 Å². The topological polar surface area (TPSA) is 64.6 Å². The Kier molecular flexibility index (Phi) is 6.28. The zero-order valence-electron chi connectivity index (χ0n) is 14.5. The van der Waals surface area contributed by atoms with Gasteiger partial charge in [0.25, 0.3) is 11.8 Å². The van der Waals surface area contributed by atoms with E-state index in [1.807, 2.05) is 0 Å². The molecule has 28 heavy (non-hydrogen) atoms. The van der Waals surface area contributed by atoms with Crippen molar-refractivity contribution in [1.29, 1.82) is 0 Å². The molecule has 1 amide bonds. The number of carbonyl (C=O) groups is 1. The van der Waals surface area contributed by atoms with Gasteiger partial charge in [0.05, 0.1) is 18.2 Å². The van der Waals surface area contributed by atoms with Crippen molar-refractivity contribution >= 4 is 51.9 Å². The predicted molar refractivity (Wildman–Crippen MR) is 110 cm³/mol. The van der Waals surface area contributed by atoms with Crippen LogP contribution in [-0.4, -0.2) is 38.8 Å². The van der Waals surface area contributed by atoms with Crippen molar-refractivity contribution in [2.75, 3.05) is 13.7 Å². The SMILES string of the molecule is C=CCN1C(=O)/C(=C\c2ccc(Oc3nc(Cl)ncc3F)c(OC)c2)SC1=S. The lowest BCUT2D eigenvalue weighted by Gasteiger charge is -2.11. The molecule has 1 saturated heterocycles. The maximum atomic E-state index is 13.8. The van der Waals surface area contributed by atoms with Crippen LogP contribution in [-0.2, 0) is 4.79 Å². The van der Waals surface area contributed by atoms with Crippen LogP contribution in [0.4, 0.5) is 4.39 Å². The van der Waals surface area contributed by atoms with Gasteiger partial charge in [-0.2, -0.15) is 9.37 Å². The van der Waals surface area contributed by atoms with E-state index in [0.717, 1.165) is 6.20 Å². The van der Waals surface area contributed by atoms with Crippen molar-refractivity contribution in [1.82, 2.24) is 14.9 Å². The van der Waals surface area contributed by atoms with Gasteiger partial charge in [0, 0.05) is 6.54 Å². The molecular weight excluding hydrogens is 425 g/mol. The number of benzene rings is 1. The maximum absolute atomic E-state index is 13.8. The lowest BCUT2D eigenvalue weighted by molar-refractivity contribution is -0.121. The summed E-state index contributed by atoms with van der Waals surface area (Å²) in [6.07, 6.45) is 4.22. The van der Waals surface area contributed by atoms with Gasteiger partial charge in [-0.25, -0.2) is 4.98 Å². The van der Waals surface area contributed by atoms with E-state index < -0.39 is 5.82 Å². The molecule has 2 aromatic rings. The van der Waals surface area contributed by atoms with Crippen molar-refractivity contribution in [3.05, 3.63) is 58.6 Å². The van der Waals surface area contributed by atoms with Crippen LogP contribution in [0.15, 0.2) is 42.0 Å². The fourth-order valence-corrected chi connectivity index (χ4v) is 3.70. The standard InChI is InChI=1S/C18H13ClFN3O3S2/c1-3-6-23-16(24)14(28-18(23)27)8-10-4-5-12(13(7-10)25-2)26-15-11(20)9-21-17(19)22-15/h3-5,7-9H,1,6H2,2H3/b14-8+. The molecule has 0 N–H and O–H groups in total. The molecule has 1 aliphatic rings. The molecule has 0 aliphatic carbocycles. The van der Waals surface area contributed by atoms with Crippen LogP contribution < -0.4 is 9.47 Å². The molecule has 0 saturated carbocycles. The van der Waals surface area contributed by atoms with E-state index in [1.54, 1.807) is 30.4 Å². The molecule has 1 aromatic carbocycles. The van der Waals surface area contributed by atoms with Crippen LogP contribution >= 0.6 is 35.6 Å². The average Bonchev–Trinajstić information content (AvgIpc) is 2.93. The first kappa shape index (κ1) is 20.2. The van der Waals surface area contributed by atoms with Gasteiger partial charge < -0.3 is 9.47 Å². The van der Waals surface area contributed by atoms with E-state index in [9.17, 15) is 9.18 Å². The number of methoxy groups -OCH3 is 1. The van der Waals surface area contributed by atoms with Gasteiger partial charge in [0.2, 0.25) is 11.1 Å². The number of carbonyl (C=O) groups excluding carboxylic acids is 1. The number of rotatable bonds is 6. The molecular formula is C18H13ClFN3O3S2. The van der Waals surface area contributed by atoms with E-state index in [2.05, 4.69) is 16.5 Å². The van der Waals surface area contributed by atoms with Gasteiger partial charge in [0.1, 0.15) is 4.32 Å². The van der Waals surface area contributed by atoms with Crippen LogP contribution in [0.25, 0.3) is 6.08 Å². The molecule has 0 radical (unpaired) electrons. The highest BCUT2D eigenvalue weighted by Crippen LogP contribution is 2.36. The summed E-state index contributed by atoms with van der Waals surface area (Å²) < 4.78 is 25.0.